The van der Waals surface area contributed by atoms with Crippen molar-refractivity contribution >= 4 is 10.2 Å². The molecule has 122 valence electrons. The van der Waals surface area contributed by atoms with Crippen molar-refractivity contribution in [3.63, 3.8) is 0 Å². The summed E-state index contributed by atoms with van der Waals surface area (Å²) in [5.41, 5.74) is 2.00. The van der Waals surface area contributed by atoms with Gasteiger partial charge in [-0.1, -0.05) is 0 Å². The highest BCUT2D eigenvalue weighted by molar-refractivity contribution is 7.86. The minimum atomic E-state index is -3.40. The zero-order chi connectivity index (χ0) is 15.6. The highest BCUT2D eigenvalue weighted by Gasteiger charge is 2.35. The molecular formula is C14H22N4O3S. The molecule has 7 nitrogen and oxygen atoms in total. The molecule has 0 unspecified atom stereocenters. The third-order valence-corrected chi connectivity index (χ3v) is 6.33. The van der Waals surface area contributed by atoms with Crippen LogP contribution in [0.2, 0.25) is 0 Å². The molecule has 2 aliphatic rings. The zero-order valence-electron chi connectivity index (χ0n) is 12.8. The number of piperidine rings is 1. The van der Waals surface area contributed by atoms with Gasteiger partial charge in [-0.25, -0.2) is 9.97 Å². The molecule has 2 aliphatic heterocycles. The molecule has 1 aromatic heterocycles. The van der Waals surface area contributed by atoms with Crippen LogP contribution in [0.25, 0.3) is 0 Å². The number of rotatable bonds is 3. The highest BCUT2D eigenvalue weighted by Crippen LogP contribution is 2.29. The molecule has 0 spiro atoms. The molecule has 1 atom stereocenters. The lowest BCUT2D eigenvalue weighted by Crippen LogP contribution is -2.51. The van der Waals surface area contributed by atoms with E-state index in [1.165, 1.54) is 10.6 Å². The fourth-order valence-electron chi connectivity index (χ4n) is 3.15. The van der Waals surface area contributed by atoms with Crippen molar-refractivity contribution in [2.75, 3.05) is 39.4 Å². The number of ether oxygens (including phenoxy) is 1. The third kappa shape index (κ3) is 3.15. The van der Waals surface area contributed by atoms with Crippen LogP contribution in [0.3, 0.4) is 0 Å². The fourth-order valence-corrected chi connectivity index (χ4v) is 4.82. The summed E-state index contributed by atoms with van der Waals surface area (Å²) in [7, 11) is -3.40. The first-order chi connectivity index (χ1) is 10.6. The van der Waals surface area contributed by atoms with Crippen molar-refractivity contribution in [3.8, 4) is 0 Å². The van der Waals surface area contributed by atoms with Crippen LogP contribution in [0.5, 0.6) is 0 Å². The fraction of sp³-hybridized carbons (Fsp3) is 0.714. The third-order valence-electron chi connectivity index (χ3n) is 4.33. The van der Waals surface area contributed by atoms with E-state index in [2.05, 4.69) is 9.97 Å². The zero-order valence-corrected chi connectivity index (χ0v) is 13.6. The summed E-state index contributed by atoms with van der Waals surface area (Å²) in [6.45, 7) is 4.89. The Bertz CT molecular complexity index is 616. The number of hydrogen-bond acceptors (Lipinski definition) is 5. The van der Waals surface area contributed by atoms with Crippen LogP contribution < -0.4 is 0 Å². The van der Waals surface area contributed by atoms with Crippen molar-refractivity contribution < 1.29 is 13.2 Å². The normalized spacial score (nSPS) is 25.2. The van der Waals surface area contributed by atoms with Crippen molar-refractivity contribution in [2.45, 2.75) is 25.7 Å². The summed E-state index contributed by atoms with van der Waals surface area (Å²) < 4.78 is 33.9. The van der Waals surface area contributed by atoms with Gasteiger partial charge in [0.25, 0.3) is 10.2 Å². The second-order valence-corrected chi connectivity index (χ2v) is 7.74. The number of aryl methyl sites for hydroxylation is 1. The molecule has 22 heavy (non-hydrogen) atoms. The number of aromatic nitrogens is 2. The van der Waals surface area contributed by atoms with Gasteiger partial charge in [-0.15, -0.1) is 0 Å². The smallest absolute Gasteiger partial charge is 0.282 e. The largest absolute Gasteiger partial charge is 0.379 e. The maximum absolute atomic E-state index is 12.8. The molecule has 1 aromatic rings. The van der Waals surface area contributed by atoms with Crippen LogP contribution in [-0.2, 0) is 14.9 Å². The maximum atomic E-state index is 12.8. The average Bonchev–Trinajstić information content (AvgIpc) is 2.56. The molecule has 0 amide bonds. The Hall–Kier alpha value is -1.09. The first-order valence-electron chi connectivity index (χ1n) is 7.68. The molecule has 0 N–H and O–H groups in total. The van der Waals surface area contributed by atoms with Gasteiger partial charge in [0.1, 0.15) is 6.33 Å². The number of hydrogen-bond donors (Lipinski definition) is 0. The van der Waals surface area contributed by atoms with Crippen molar-refractivity contribution in [1.29, 1.82) is 0 Å². The van der Waals surface area contributed by atoms with Gasteiger partial charge < -0.3 is 4.74 Å². The summed E-state index contributed by atoms with van der Waals surface area (Å²) in [6.07, 6.45) is 5.15. The van der Waals surface area contributed by atoms with E-state index in [1.807, 2.05) is 6.92 Å². The van der Waals surface area contributed by atoms with E-state index in [0.29, 0.717) is 39.4 Å². The molecule has 0 aliphatic carbocycles. The number of morpholine rings is 1. The predicted octanol–water partition coefficient (Wildman–Crippen LogP) is 0.541. The molecule has 8 heteroatoms. The van der Waals surface area contributed by atoms with E-state index in [9.17, 15) is 8.42 Å². The minimum absolute atomic E-state index is 0.146. The van der Waals surface area contributed by atoms with Gasteiger partial charge >= 0.3 is 0 Å². The van der Waals surface area contributed by atoms with Crippen molar-refractivity contribution in [2.24, 2.45) is 0 Å². The highest BCUT2D eigenvalue weighted by atomic mass is 32.2. The van der Waals surface area contributed by atoms with E-state index < -0.39 is 10.2 Å². The Morgan fingerprint density at radius 3 is 2.73 bits per heavy atom. The van der Waals surface area contributed by atoms with Crippen LogP contribution in [-0.4, -0.2) is 66.4 Å². The van der Waals surface area contributed by atoms with Crippen LogP contribution in [0.4, 0.5) is 0 Å². The maximum Gasteiger partial charge on any atom is 0.282 e. The Balaban J connectivity index is 1.76. The Morgan fingerprint density at radius 2 is 2.00 bits per heavy atom. The van der Waals surface area contributed by atoms with Crippen LogP contribution in [0, 0.1) is 6.92 Å². The van der Waals surface area contributed by atoms with E-state index in [1.54, 1.807) is 10.5 Å². The second kappa shape index (κ2) is 6.57. The molecule has 3 heterocycles. The van der Waals surface area contributed by atoms with E-state index >= 15 is 0 Å². The van der Waals surface area contributed by atoms with Gasteiger partial charge in [-0.2, -0.15) is 17.0 Å². The van der Waals surface area contributed by atoms with Gasteiger partial charge in [0.15, 0.2) is 0 Å². The first-order valence-corrected chi connectivity index (χ1v) is 9.08. The summed E-state index contributed by atoms with van der Waals surface area (Å²) in [4.78, 5) is 8.38. The molecule has 0 radical (unpaired) electrons. The molecule has 0 saturated carbocycles. The molecule has 0 aromatic carbocycles. The lowest BCUT2D eigenvalue weighted by molar-refractivity contribution is 0.0695. The second-order valence-electron chi connectivity index (χ2n) is 5.81. The van der Waals surface area contributed by atoms with E-state index in [4.69, 9.17) is 4.74 Å². The molecule has 2 saturated heterocycles. The molecule has 2 fully saturated rings. The molecule has 3 rings (SSSR count). The molecule has 0 bridgehead atoms. The van der Waals surface area contributed by atoms with Crippen molar-refractivity contribution in [1.82, 2.24) is 18.6 Å². The monoisotopic (exact) mass is 326 g/mol. The Kier molecular flexibility index (Phi) is 4.72. The topological polar surface area (TPSA) is 75.6 Å². The summed E-state index contributed by atoms with van der Waals surface area (Å²) >= 11 is 0. The summed E-state index contributed by atoms with van der Waals surface area (Å²) in [5, 5.41) is 0. The van der Waals surface area contributed by atoms with Gasteiger partial charge in [0, 0.05) is 38.3 Å². The summed E-state index contributed by atoms with van der Waals surface area (Å²) in [5.74, 6) is 0.146. The Labute approximate surface area is 131 Å². The van der Waals surface area contributed by atoms with E-state index in [0.717, 1.165) is 24.1 Å². The lowest BCUT2D eigenvalue weighted by atomic mass is 9.94. The Morgan fingerprint density at radius 1 is 1.23 bits per heavy atom. The van der Waals surface area contributed by atoms with E-state index in [-0.39, 0.29) is 5.92 Å². The SMILES string of the molecule is Cc1cncnc1[C@H]1CCCN(S(=O)(=O)N2CCOCC2)C1. The van der Waals surface area contributed by atoms with Crippen LogP contribution >= 0.6 is 0 Å². The number of nitrogens with zero attached hydrogens (tertiary/aromatic N) is 4. The van der Waals surface area contributed by atoms with Gasteiger partial charge in [0.2, 0.25) is 0 Å². The van der Waals surface area contributed by atoms with Crippen LogP contribution in [0.1, 0.15) is 30.0 Å². The minimum Gasteiger partial charge on any atom is -0.379 e. The standard InChI is InChI=1S/C14H22N4O3S/c1-12-9-15-11-16-14(12)13-3-2-4-18(10-13)22(19,20)17-5-7-21-8-6-17/h9,11,13H,2-8,10H2,1H3/t13-/m0/s1. The van der Waals surface area contributed by atoms with Gasteiger partial charge in [0.05, 0.1) is 18.9 Å². The van der Waals surface area contributed by atoms with Crippen molar-refractivity contribution in [3.05, 3.63) is 23.8 Å². The van der Waals surface area contributed by atoms with Crippen LogP contribution in [0.15, 0.2) is 12.5 Å². The lowest BCUT2D eigenvalue weighted by Gasteiger charge is -2.36. The molecular weight excluding hydrogens is 304 g/mol. The first kappa shape index (κ1) is 15.8. The quantitative estimate of drug-likeness (QED) is 0.810. The van der Waals surface area contributed by atoms with Gasteiger partial charge in [-0.05, 0) is 25.3 Å². The summed E-state index contributed by atoms with van der Waals surface area (Å²) in [6, 6.07) is 0. The van der Waals surface area contributed by atoms with Gasteiger partial charge in [-0.3, -0.25) is 0 Å². The predicted molar refractivity (Wildman–Crippen MR) is 81.6 cm³/mol. The average molecular weight is 326 g/mol.